The minimum Gasteiger partial charge on any atom is -0.507 e. The first-order chi connectivity index (χ1) is 11.9. The van der Waals surface area contributed by atoms with Crippen LogP contribution in [0.1, 0.15) is 18.4 Å². The number of nitrogens with zero attached hydrogens (tertiary/aromatic N) is 1. The first-order valence-corrected chi connectivity index (χ1v) is 8.09. The number of carbonyl (C=O) groups is 2. The second-order valence-corrected chi connectivity index (χ2v) is 5.91. The van der Waals surface area contributed by atoms with Crippen LogP contribution in [-0.4, -0.2) is 23.1 Å². The van der Waals surface area contributed by atoms with E-state index in [0.717, 1.165) is 0 Å². The van der Waals surface area contributed by atoms with E-state index in [2.05, 4.69) is 31.8 Å². The van der Waals surface area contributed by atoms with Crippen LogP contribution in [-0.2, 0) is 9.59 Å². The molecule has 2 amide bonds. The van der Waals surface area contributed by atoms with Crippen molar-refractivity contribution in [3.63, 3.8) is 0 Å². The van der Waals surface area contributed by atoms with Crippen molar-refractivity contribution in [2.75, 3.05) is 5.32 Å². The zero-order chi connectivity index (χ0) is 18.2. The average molecular weight is 408 g/mol. The molecule has 2 rings (SSSR count). The summed E-state index contributed by atoms with van der Waals surface area (Å²) in [7, 11) is 0. The van der Waals surface area contributed by atoms with Gasteiger partial charge in [0.05, 0.1) is 10.7 Å². The number of benzene rings is 2. The van der Waals surface area contributed by atoms with Gasteiger partial charge in [0.1, 0.15) is 11.6 Å². The number of hydrazone groups is 1. The lowest BCUT2D eigenvalue weighted by atomic mass is 10.2. The predicted octanol–water partition coefficient (Wildman–Crippen LogP) is 3.16. The molecule has 0 aliphatic heterocycles. The van der Waals surface area contributed by atoms with Crippen molar-refractivity contribution in [2.24, 2.45) is 5.10 Å². The second kappa shape index (κ2) is 8.93. The van der Waals surface area contributed by atoms with Crippen LogP contribution in [0, 0.1) is 5.82 Å². The number of amides is 2. The van der Waals surface area contributed by atoms with Crippen LogP contribution in [0.15, 0.2) is 52.0 Å². The number of aromatic hydroxyl groups is 1. The molecule has 0 radical (unpaired) electrons. The number of phenolic OH excluding ortho intramolecular Hbond substituents is 1. The zero-order valence-electron chi connectivity index (χ0n) is 13.0. The number of nitrogens with one attached hydrogen (secondary N) is 2. The van der Waals surface area contributed by atoms with Gasteiger partial charge >= 0.3 is 0 Å². The molecule has 25 heavy (non-hydrogen) atoms. The summed E-state index contributed by atoms with van der Waals surface area (Å²) in [5.74, 6) is -1.05. The molecule has 2 aromatic rings. The summed E-state index contributed by atoms with van der Waals surface area (Å²) in [6.45, 7) is 0. The van der Waals surface area contributed by atoms with Gasteiger partial charge in [0, 0.05) is 18.5 Å². The fourth-order valence-electron chi connectivity index (χ4n) is 1.82. The number of rotatable bonds is 6. The molecule has 0 unspecified atom stereocenters. The number of halogens is 2. The Hall–Kier alpha value is -2.74. The van der Waals surface area contributed by atoms with E-state index in [1.54, 1.807) is 12.1 Å². The minimum atomic E-state index is -0.414. The van der Waals surface area contributed by atoms with Crippen LogP contribution in [0.4, 0.5) is 10.1 Å². The Labute approximate surface area is 151 Å². The van der Waals surface area contributed by atoms with Crippen molar-refractivity contribution in [3.05, 3.63) is 58.3 Å². The van der Waals surface area contributed by atoms with E-state index in [-0.39, 0.29) is 24.5 Å². The average Bonchev–Trinajstić information content (AvgIpc) is 2.58. The Morgan fingerprint density at radius 1 is 1.12 bits per heavy atom. The summed E-state index contributed by atoms with van der Waals surface area (Å²) < 4.78 is 13.3. The molecule has 0 aliphatic rings. The molecule has 6 nitrogen and oxygen atoms in total. The molecule has 0 bridgehead atoms. The van der Waals surface area contributed by atoms with Crippen molar-refractivity contribution in [3.8, 4) is 5.75 Å². The fraction of sp³-hybridized carbons (Fsp3) is 0.118. The summed E-state index contributed by atoms with van der Waals surface area (Å²) in [5, 5.41) is 15.7. The van der Waals surface area contributed by atoms with Crippen LogP contribution in [0.5, 0.6) is 5.75 Å². The molecule has 8 heteroatoms. The van der Waals surface area contributed by atoms with Gasteiger partial charge in [0.25, 0.3) is 0 Å². The van der Waals surface area contributed by atoms with Gasteiger partial charge in [-0.25, -0.2) is 9.82 Å². The Bertz CT molecular complexity index is 794. The Balaban J connectivity index is 1.74. The minimum absolute atomic E-state index is 0.0243. The van der Waals surface area contributed by atoms with E-state index < -0.39 is 11.7 Å². The highest BCUT2D eigenvalue weighted by molar-refractivity contribution is 9.10. The third kappa shape index (κ3) is 6.34. The summed E-state index contributed by atoms with van der Waals surface area (Å²) in [6.07, 6.45) is 1.35. The van der Waals surface area contributed by atoms with Crippen LogP contribution >= 0.6 is 15.9 Å². The third-order valence-electron chi connectivity index (χ3n) is 3.08. The number of hydrogen-bond acceptors (Lipinski definition) is 4. The molecule has 0 atom stereocenters. The van der Waals surface area contributed by atoms with Crippen LogP contribution in [0.3, 0.4) is 0 Å². The maximum absolute atomic E-state index is 12.8. The maximum atomic E-state index is 12.8. The Morgan fingerprint density at radius 2 is 1.80 bits per heavy atom. The highest BCUT2D eigenvalue weighted by atomic mass is 79.9. The monoisotopic (exact) mass is 407 g/mol. The van der Waals surface area contributed by atoms with E-state index in [9.17, 15) is 19.1 Å². The van der Waals surface area contributed by atoms with E-state index >= 15 is 0 Å². The van der Waals surface area contributed by atoms with Gasteiger partial charge in [-0.1, -0.05) is 0 Å². The van der Waals surface area contributed by atoms with E-state index in [1.807, 2.05) is 0 Å². The molecule has 0 fully saturated rings. The van der Waals surface area contributed by atoms with Gasteiger partial charge in [0.15, 0.2) is 0 Å². The number of anilines is 1. The molecule has 130 valence electrons. The van der Waals surface area contributed by atoms with Crippen molar-refractivity contribution in [2.45, 2.75) is 12.8 Å². The second-order valence-electron chi connectivity index (χ2n) is 5.06. The van der Waals surface area contributed by atoms with Crippen molar-refractivity contribution >= 4 is 39.6 Å². The first kappa shape index (κ1) is 18.6. The third-order valence-corrected chi connectivity index (χ3v) is 3.72. The van der Waals surface area contributed by atoms with Gasteiger partial charge in [0.2, 0.25) is 11.8 Å². The smallest absolute Gasteiger partial charge is 0.240 e. The highest BCUT2D eigenvalue weighted by Crippen LogP contribution is 2.23. The zero-order valence-corrected chi connectivity index (χ0v) is 14.6. The van der Waals surface area contributed by atoms with Crippen LogP contribution in [0.2, 0.25) is 0 Å². The predicted molar refractivity (Wildman–Crippen MR) is 95.8 cm³/mol. The summed E-state index contributed by atoms with van der Waals surface area (Å²) in [5.41, 5.74) is 3.46. The Morgan fingerprint density at radius 3 is 2.48 bits per heavy atom. The summed E-state index contributed by atoms with van der Waals surface area (Å²) in [6, 6.07) is 10.1. The molecule has 2 aromatic carbocycles. The lowest BCUT2D eigenvalue weighted by molar-refractivity contribution is -0.124. The lowest BCUT2D eigenvalue weighted by Crippen LogP contribution is -2.20. The van der Waals surface area contributed by atoms with Gasteiger partial charge in [-0.2, -0.15) is 5.10 Å². The maximum Gasteiger partial charge on any atom is 0.240 e. The molecule has 0 saturated carbocycles. The number of carbonyl (C=O) groups excluding carboxylic acids is 2. The normalized spacial score (nSPS) is 10.6. The van der Waals surface area contributed by atoms with E-state index in [0.29, 0.717) is 15.7 Å². The van der Waals surface area contributed by atoms with E-state index in [4.69, 9.17) is 0 Å². The summed E-state index contributed by atoms with van der Waals surface area (Å²) >= 11 is 3.17. The molecule has 3 N–H and O–H groups in total. The molecular formula is C17H15BrFN3O3. The summed E-state index contributed by atoms with van der Waals surface area (Å²) in [4.78, 5) is 23.4. The molecule has 0 aromatic heterocycles. The van der Waals surface area contributed by atoms with Gasteiger partial charge < -0.3 is 10.4 Å². The molecule has 0 saturated heterocycles. The van der Waals surface area contributed by atoms with Crippen molar-refractivity contribution < 1.29 is 19.1 Å². The highest BCUT2D eigenvalue weighted by Gasteiger charge is 2.07. The number of phenols is 1. The number of hydrogen-bond donors (Lipinski definition) is 3. The van der Waals surface area contributed by atoms with Crippen molar-refractivity contribution in [1.82, 2.24) is 5.43 Å². The molecular weight excluding hydrogens is 393 g/mol. The molecule has 0 spiro atoms. The first-order valence-electron chi connectivity index (χ1n) is 7.30. The Kier molecular flexibility index (Phi) is 6.64. The van der Waals surface area contributed by atoms with E-state index in [1.165, 1.54) is 36.5 Å². The standard InChI is InChI=1S/C17H15BrFN3O3/c18-14-9-11(1-6-15(14)23)10-20-22-17(25)8-7-16(24)21-13-4-2-12(19)3-5-13/h1-6,9-10,23H,7-8H2,(H,21,24)(H,22,25). The largest absolute Gasteiger partial charge is 0.507 e. The van der Waals surface area contributed by atoms with Gasteiger partial charge in [-0.05, 0) is 64.0 Å². The van der Waals surface area contributed by atoms with Crippen LogP contribution in [0.25, 0.3) is 0 Å². The quantitative estimate of drug-likeness (QED) is 0.507. The van der Waals surface area contributed by atoms with Gasteiger partial charge in [-0.3, -0.25) is 9.59 Å². The van der Waals surface area contributed by atoms with Crippen LogP contribution < -0.4 is 10.7 Å². The topological polar surface area (TPSA) is 90.8 Å². The molecule has 0 aliphatic carbocycles. The van der Waals surface area contributed by atoms with Gasteiger partial charge in [-0.15, -0.1) is 0 Å². The fourth-order valence-corrected chi connectivity index (χ4v) is 2.22. The molecule has 0 heterocycles. The lowest BCUT2D eigenvalue weighted by Gasteiger charge is -2.04. The van der Waals surface area contributed by atoms with Crippen molar-refractivity contribution in [1.29, 1.82) is 0 Å². The SMILES string of the molecule is O=C(CCC(=O)Nc1ccc(F)cc1)NN=Cc1ccc(O)c(Br)c1.